The lowest BCUT2D eigenvalue weighted by Gasteiger charge is -2.07. The topological polar surface area (TPSA) is 20.2 Å². The third-order valence-electron chi connectivity index (χ3n) is 2.98. The van der Waals surface area contributed by atoms with E-state index in [0.717, 1.165) is 18.8 Å². The van der Waals surface area contributed by atoms with E-state index in [4.69, 9.17) is 0 Å². The molecule has 12 heavy (non-hydrogen) atoms. The Morgan fingerprint density at radius 1 is 1.17 bits per heavy atom. The molecule has 0 amide bonds. The first-order valence-corrected chi connectivity index (χ1v) is 5.51. The first-order valence-electron chi connectivity index (χ1n) is 5.51. The van der Waals surface area contributed by atoms with Crippen molar-refractivity contribution in [3.63, 3.8) is 0 Å². The van der Waals surface area contributed by atoms with E-state index in [2.05, 4.69) is 6.92 Å². The van der Waals surface area contributed by atoms with Crippen molar-refractivity contribution in [2.24, 2.45) is 5.92 Å². The lowest BCUT2D eigenvalue weighted by Crippen LogP contribution is -2.00. The van der Waals surface area contributed by atoms with Crippen LogP contribution in [-0.2, 0) is 0 Å². The van der Waals surface area contributed by atoms with E-state index in [0.29, 0.717) is 0 Å². The van der Waals surface area contributed by atoms with Gasteiger partial charge in [-0.2, -0.15) is 0 Å². The van der Waals surface area contributed by atoms with Gasteiger partial charge < -0.3 is 5.11 Å². The molecule has 0 heterocycles. The minimum absolute atomic E-state index is 0.0289. The molecule has 1 aliphatic rings. The molecule has 0 bridgehead atoms. The standard InChI is InChI=1S/C11H22O/c1-2-3-4-5-6-10-7-8-11(12)9-10/h10-12H,2-9H2,1H3. The molecule has 1 rings (SSSR count). The summed E-state index contributed by atoms with van der Waals surface area (Å²) in [5.74, 6) is 0.844. The maximum Gasteiger partial charge on any atom is 0.0543 e. The maximum atomic E-state index is 9.30. The monoisotopic (exact) mass is 170 g/mol. The number of unbranched alkanes of at least 4 members (excludes halogenated alkanes) is 3. The Hall–Kier alpha value is -0.0400. The lowest BCUT2D eigenvalue weighted by atomic mass is 9.99. The quantitative estimate of drug-likeness (QED) is 0.628. The van der Waals surface area contributed by atoms with Crippen LogP contribution in [0.3, 0.4) is 0 Å². The van der Waals surface area contributed by atoms with Crippen LogP contribution < -0.4 is 0 Å². The molecule has 1 N–H and O–H groups in total. The van der Waals surface area contributed by atoms with Crippen molar-refractivity contribution in [3.8, 4) is 0 Å². The highest BCUT2D eigenvalue weighted by Crippen LogP contribution is 2.29. The van der Waals surface area contributed by atoms with Crippen molar-refractivity contribution in [3.05, 3.63) is 0 Å². The fraction of sp³-hybridized carbons (Fsp3) is 1.00. The summed E-state index contributed by atoms with van der Waals surface area (Å²) in [6.07, 6.45) is 10.3. The molecule has 0 spiro atoms. The van der Waals surface area contributed by atoms with E-state index in [9.17, 15) is 5.11 Å². The fourth-order valence-corrected chi connectivity index (χ4v) is 2.17. The van der Waals surface area contributed by atoms with Gasteiger partial charge in [0.15, 0.2) is 0 Å². The summed E-state index contributed by atoms with van der Waals surface area (Å²) in [7, 11) is 0. The molecule has 1 fully saturated rings. The van der Waals surface area contributed by atoms with Gasteiger partial charge in [0.2, 0.25) is 0 Å². The molecule has 2 atom stereocenters. The predicted octanol–water partition coefficient (Wildman–Crippen LogP) is 3.12. The number of rotatable bonds is 5. The van der Waals surface area contributed by atoms with Gasteiger partial charge in [-0.1, -0.05) is 39.0 Å². The van der Waals surface area contributed by atoms with Gasteiger partial charge >= 0.3 is 0 Å². The van der Waals surface area contributed by atoms with Crippen LogP contribution in [0.1, 0.15) is 58.3 Å². The first-order chi connectivity index (χ1) is 5.83. The minimum Gasteiger partial charge on any atom is -0.393 e. The second-order valence-electron chi connectivity index (χ2n) is 4.18. The average molecular weight is 170 g/mol. The summed E-state index contributed by atoms with van der Waals surface area (Å²) in [6.45, 7) is 2.25. The van der Waals surface area contributed by atoms with Gasteiger partial charge in [-0.05, 0) is 25.2 Å². The highest BCUT2D eigenvalue weighted by molar-refractivity contribution is 4.74. The Labute approximate surface area is 76.2 Å². The van der Waals surface area contributed by atoms with Crippen LogP contribution in [0.2, 0.25) is 0 Å². The summed E-state index contributed by atoms with van der Waals surface area (Å²) in [5, 5.41) is 9.30. The Balaban J connectivity index is 1.93. The van der Waals surface area contributed by atoms with E-state index >= 15 is 0 Å². The Bertz CT molecular complexity index is 112. The molecule has 72 valence electrons. The van der Waals surface area contributed by atoms with Crippen LogP contribution in [0.5, 0.6) is 0 Å². The third-order valence-corrected chi connectivity index (χ3v) is 2.98. The molecule has 0 radical (unpaired) electrons. The molecule has 1 heteroatoms. The van der Waals surface area contributed by atoms with E-state index in [1.165, 1.54) is 38.5 Å². The van der Waals surface area contributed by atoms with Crippen LogP contribution in [0, 0.1) is 5.92 Å². The van der Waals surface area contributed by atoms with E-state index < -0.39 is 0 Å². The van der Waals surface area contributed by atoms with Crippen LogP contribution in [0.15, 0.2) is 0 Å². The zero-order valence-corrected chi connectivity index (χ0v) is 8.26. The molecule has 1 aliphatic carbocycles. The fourth-order valence-electron chi connectivity index (χ4n) is 2.17. The second-order valence-corrected chi connectivity index (χ2v) is 4.18. The Morgan fingerprint density at radius 2 is 2.00 bits per heavy atom. The Morgan fingerprint density at radius 3 is 2.58 bits per heavy atom. The summed E-state index contributed by atoms with van der Waals surface area (Å²) in [5.41, 5.74) is 0. The van der Waals surface area contributed by atoms with Crippen molar-refractivity contribution in [1.82, 2.24) is 0 Å². The van der Waals surface area contributed by atoms with Crippen molar-refractivity contribution in [2.45, 2.75) is 64.4 Å². The van der Waals surface area contributed by atoms with Gasteiger partial charge in [0.05, 0.1) is 6.10 Å². The molecule has 1 saturated carbocycles. The van der Waals surface area contributed by atoms with Crippen LogP contribution in [0.4, 0.5) is 0 Å². The average Bonchev–Trinajstić information content (AvgIpc) is 2.45. The van der Waals surface area contributed by atoms with Gasteiger partial charge in [0.25, 0.3) is 0 Å². The zero-order chi connectivity index (χ0) is 8.81. The molecular weight excluding hydrogens is 148 g/mol. The molecule has 0 aromatic carbocycles. The van der Waals surface area contributed by atoms with Gasteiger partial charge in [-0.3, -0.25) is 0 Å². The van der Waals surface area contributed by atoms with E-state index in [1.54, 1.807) is 0 Å². The number of aliphatic hydroxyl groups is 1. The number of hydrogen-bond donors (Lipinski definition) is 1. The van der Waals surface area contributed by atoms with Crippen LogP contribution in [-0.4, -0.2) is 11.2 Å². The minimum atomic E-state index is 0.0289. The molecule has 1 nitrogen and oxygen atoms in total. The third kappa shape index (κ3) is 3.57. The largest absolute Gasteiger partial charge is 0.393 e. The van der Waals surface area contributed by atoms with Crippen LogP contribution in [0.25, 0.3) is 0 Å². The molecule has 2 unspecified atom stereocenters. The maximum absolute atomic E-state index is 9.30. The second kappa shape index (κ2) is 5.58. The normalized spacial score (nSPS) is 29.5. The summed E-state index contributed by atoms with van der Waals surface area (Å²) >= 11 is 0. The van der Waals surface area contributed by atoms with Crippen molar-refractivity contribution in [1.29, 1.82) is 0 Å². The highest BCUT2D eigenvalue weighted by atomic mass is 16.3. The van der Waals surface area contributed by atoms with Crippen molar-refractivity contribution in [2.75, 3.05) is 0 Å². The molecule has 0 aromatic heterocycles. The van der Waals surface area contributed by atoms with Gasteiger partial charge in [-0.15, -0.1) is 0 Å². The molecule has 0 aliphatic heterocycles. The summed E-state index contributed by atoms with van der Waals surface area (Å²) < 4.78 is 0. The molecule has 0 aromatic rings. The molecular formula is C11H22O. The van der Waals surface area contributed by atoms with E-state index in [-0.39, 0.29) is 6.10 Å². The van der Waals surface area contributed by atoms with E-state index in [1.807, 2.05) is 0 Å². The summed E-state index contributed by atoms with van der Waals surface area (Å²) in [4.78, 5) is 0. The molecule has 0 saturated heterocycles. The first kappa shape index (κ1) is 10.0. The number of hydrogen-bond acceptors (Lipinski definition) is 1. The van der Waals surface area contributed by atoms with Gasteiger partial charge in [-0.25, -0.2) is 0 Å². The van der Waals surface area contributed by atoms with Gasteiger partial charge in [0, 0.05) is 0 Å². The zero-order valence-electron chi connectivity index (χ0n) is 8.26. The smallest absolute Gasteiger partial charge is 0.0543 e. The summed E-state index contributed by atoms with van der Waals surface area (Å²) in [6, 6.07) is 0. The Kier molecular flexibility index (Phi) is 4.67. The van der Waals surface area contributed by atoms with Gasteiger partial charge in [0.1, 0.15) is 0 Å². The lowest BCUT2D eigenvalue weighted by molar-refractivity contribution is 0.176. The predicted molar refractivity (Wildman–Crippen MR) is 52.1 cm³/mol. The number of aliphatic hydroxyl groups excluding tert-OH is 1. The highest BCUT2D eigenvalue weighted by Gasteiger charge is 2.21. The van der Waals surface area contributed by atoms with Crippen LogP contribution >= 0.6 is 0 Å². The van der Waals surface area contributed by atoms with Crippen molar-refractivity contribution >= 4 is 0 Å². The van der Waals surface area contributed by atoms with Crippen molar-refractivity contribution < 1.29 is 5.11 Å². The SMILES string of the molecule is CCCCCCC1CCC(O)C1.